The van der Waals surface area contributed by atoms with Crippen LogP contribution in [-0.2, 0) is 14.3 Å². The molecule has 3 amide bonds. The number of phenolic OH excluding ortho intramolecular Hbond substituents is 1. The summed E-state index contributed by atoms with van der Waals surface area (Å²) in [5.74, 6) is -0.649. The number of nitrogens with zero attached hydrogens (tertiary/aromatic N) is 1. The van der Waals surface area contributed by atoms with Gasteiger partial charge in [0.25, 0.3) is 0 Å². The Morgan fingerprint density at radius 1 is 1.06 bits per heavy atom. The lowest BCUT2D eigenvalue weighted by Crippen LogP contribution is -2.54. The second kappa shape index (κ2) is 12.3. The van der Waals surface area contributed by atoms with Gasteiger partial charge in [0.15, 0.2) is 0 Å². The van der Waals surface area contributed by atoms with Crippen LogP contribution in [0, 0.1) is 0 Å². The SMILES string of the molecule is CCCCCNC(=O)C(c1ccc(O)cc1)N(C(=O)C(C)NC(=O)OC(C)(C)C)C(C)C. The van der Waals surface area contributed by atoms with Gasteiger partial charge in [-0.15, -0.1) is 0 Å². The first-order valence-electron chi connectivity index (χ1n) is 11.3. The van der Waals surface area contributed by atoms with Crippen molar-refractivity contribution in [3.05, 3.63) is 29.8 Å². The highest BCUT2D eigenvalue weighted by Crippen LogP contribution is 2.26. The molecule has 0 spiro atoms. The molecule has 0 fully saturated rings. The standard InChI is InChI=1S/C24H39N3O5/c1-8-9-10-15-25-21(29)20(18-11-13-19(28)14-12-18)27(16(2)3)22(30)17(4)26-23(31)32-24(5,6)7/h11-14,16-17,20,28H,8-10,15H2,1-7H3,(H,25,29)(H,26,31). The molecule has 0 heterocycles. The van der Waals surface area contributed by atoms with Crippen LogP contribution in [0.4, 0.5) is 4.79 Å². The summed E-state index contributed by atoms with van der Waals surface area (Å²) < 4.78 is 5.25. The van der Waals surface area contributed by atoms with E-state index < -0.39 is 29.7 Å². The summed E-state index contributed by atoms with van der Waals surface area (Å²) in [5, 5.41) is 15.2. The Morgan fingerprint density at radius 3 is 2.16 bits per heavy atom. The van der Waals surface area contributed by atoms with Gasteiger partial charge in [-0.2, -0.15) is 0 Å². The maximum absolute atomic E-state index is 13.4. The van der Waals surface area contributed by atoms with Gasteiger partial charge in [-0.05, 0) is 65.7 Å². The van der Waals surface area contributed by atoms with E-state index in [2.05, 4.69) is 17.6 Å². The van der Waals surface area contributed by atoms with Crippen molar-refractivity contribution in [2.24, 2.45) is 0 Å². The van der Waals surface area contributed by atoms with E-state index in [1.54, 1.807) is 39.8 Å². The molecule has 2 atom stereocenters. The van der Waals surface area contributed by atoms with Gasteiger partial charge in [-0.3, -0.25) is 9.59 Å². The molecule has 1 aromatic rings. The van der Waals surface area contributed by atoms with E-state index in [1.807, 2.05) is 13.8 Å². The molecule has 1 aromatic carbocycles. The molecule has 0 saturated heterocycles. The Bertz CT molecular complexity index is 756. The summed E-state index contributed by atoms with van der Waals surface area (Å²) in [6, 6.07) is 4.08. The van der Waals surface area contributed by atoms with E-state index in [0.29, 0.717) is 12.1 Å². The molecule has 0 aromatic heterocycles. The number of benzene rings is 1. The predicted octanol–water partition coefficient (Wildman–Crippen LogP) is 3.89. The molecule has 0 aliphatic heterocycles. The summed E-state index contributed by atoms with van der Waals surface area (Å²) >= 11 is 0. The lowest BCUT2D eigenvalue weighted by Gasteiger charge is -2.36. The average molecular weight is 450 g/mol. The van der Waals surface area contributed by atoms with Crippen LogP contribution in [0.25, 0.3) is 0 Å². The fraction of sp³-hybridized carbons (Fsp3) is 0.625. The van der Waals surface area contributed by atoms with Crippen molar-refractivity contribution in [1.82, 2.24) is 15.5 Å². The summed E-state index contributed by atoms with van der Waals surface area (Å²) in [6.07, 6.45) is 2.17. The fourth-order valence-corrected chi connectivity index (χ4v) is 3.23. The van der Waals surface area contributed by atoms with E-state index in [-0.39, 0.29) is 17.7 Å². The third-order valence-corrected chi connectivity index (χ3v) is 4.73. The van der Waals surface area contributed by atoms with Crippen molar-refractivity contribution in [3.8, 4) is 5.75 Å². The Balaban J connectivity index is 3.17. The Labute approximate surface area is 191 Å². The van der Waals surface area contributed by atoms with Crippen molar-refractivity contribution < 1.29 is 24.2 Å². The average Bonchev–Trinajstić information content (AvgIpc) is 2.67. The predicted molar refractivity (Wildman–Crippen MR) is 124 cm³/mol. The summed E-state index contributed by atoms with van der Waals surface area (Å²) in [6.45, 7) is 13.0. The minimum Gasteiger partial charge on any atom is -0.508 e. The summed E-state index contributed by atoms with van der Waals surface area (Å²) in [4.78, 5) is 40.2. The number of rotatable bonds is 10. The van der Waals surface area contributed by atoms with Gasteiger partial charge in [-0.25, -0.2) is 4.79 Å². The van der Waals surface area contributed by atoms with E-state index in [9.17, 15) is 19.5 Å². The molecule has 2 unspecified atom stereocenters. The van der Waals surface area contributed by atoms with Crippen molar-refractivity contribution in [3.63, 3.8) is 0 Å². The van der Waals surface area contributed by atoms with Crippen molar-refractivity contribution >= 4 is 17.9 Å². The minimum atomic E-state index is -0.910. The van der Waals surface area contributed by atoms with Crippen LogP contribution in [0.2, 0.25) is 0 Å². The Hall–Kier alpha value is -2.77. The first-order chi connectivity index (χ1) is 14.9. The quantitative estimate of drug-likeness (QED) is 0.470. The molecule has 180 valence electrons. The molecular weight excluding hydrogens is 410 g/mol. The number of phenols is 1. The zero-order chi connectivity index (χ0) is 24.5. The summed E-state index contributed by atoms with van der Waals surface area (Å²) in [5.41, 5.74) is -0.125. The largest absolute Gasteiger partial charge is 0.508 e. The molecule has 3 N–H and O–H groups in total. The molecule has 8 heteroatoms. The maximum Gasteiger partial charge on any atom is 0.408 e. The van der Waals surface area contributed by atoms with Gasteiger partial charge in [0, 0.05) is 12.6 Å². The smallest absolute Gasteiger partial charge is 0.408 e. The zero-order valence-corrected chi connectivity index (χ0v) is 20.4. The van der Waals surface area contributed by atoms with Gasteiger partial charge >= 0.3 is 6.09 Å². The van der Waals surface area contributed by atoms with Crippen LogP contribution < -0.4 is 10.6 Å². The number of aromatic hydroxyl groups is 1. The van der Waals surface area contributed by atoms with Crippen LogP contribution in [0.5, 0.6) is 5.75 Å². The van der Waals surface area contributed by atoms with E-state index >= 15 is 0 Å². The van der Waals surface area contributed by atoms with Crippen LogP contribution in [-0.4, -0.2) is 52.1 Å². The number of carbonyl (C=O) groups is 3. The van der Waals surface area contributed by atoms with Crippen molar-refractivity contribution in [1.29, 1.82) is 0 Å². The van der Waals surface area contributed by atoms with E-state index in [4.69, 9.17) is 4.74 Å². The Kier molecular flexibility index (Phi) is 10.5. The van der Waals surface area contributed by atoms with E-state index in [1.165, 1.54) is 17.0 Å². The number of carbonyl (C=O) groups excluding carboxylic acids is 3. The van der Waals surface area contributed by atoms with Gasteiger partial charge in [0.2, 0.25) is 11.8 Å². The van der Waals surface area contributed by atoms with Gasteiger partial charge in [0.05, 0.1) is 0 Å². The number of alkyl carbamates (subject to hydrolysis) is 1. The number of nitrogens with one attached hydrogen (secondary N) is 2. The van der Waals surface area contributed by atoms with Crippen LogP contribution >= 0.6 is 0 Å². The molecule has 32 heavy (non-hydrogen) atoms. The van der Waals surface area contributed by atoms with Crippen molar-refractivity contribution in [2.75, 3.05) is 6.54 Å². The molecule has 1 rings (SSSR count). The normalized spacial score (nSPS) is 13.2. The molecular formula is C24H39N3O5. The number of ether oxygens (including phenoxy) is 1. The number of unbranched alkanes of at least 4 members (excludes halogenated alkanes) is 2. The van der Waals surface area contributed by atoms with Crippen LogP contribution in [0.1, 0.15) is 79.3 Å². The Morgan fingerprint density at radius 2 is 1.66 bits per heavy atom. The van der Waals surface area contributed by atoms with Crippen molar-refractivity contribution in [2.45, 2.75) is 91.5 Å². The number of hydrogen-bond donors (Lipinski definition) is 3. The van der Waals surface area contributed by atoms with Gasteiger partial charge < -0.3 is 25.4 Å². The third kappa shape index (κ3) is 8.77. The highest BCUT2D eigenvalue weighted by atomic mass is 16.6. The summed E-state index contributed by atoms with van der Waals surface area (Å²) in [7, 11) is 0. The zero-order valence-electron chi connectivity index (χ0n) is 20.4. The fourth-order valence-electron chi connectivity index (χ4n) is 3.23. The molecule has 0 bridgehead atoms. The first kappa shape index (κ1) is 27.3. The maximum atomic E-state index is 13.4. The second-order valence-corrected chi connectivity index (χ2v) is 9.20. The van der Waals surface area contributed by atoms with Crippen LogP contribution in [0.15, 0.2) is 24.3 Å². The molecule has 0 radical (unpaired) electrons. The lowest BCUT2D eigenvalue weighted by atomic mass is 10.0. The molecule has 0 saturated carbocycles. The van der Waals surface area contributed by atoms with Gasteiger partial charge in [0.1, 0.15) is 23.4 Å². The highest BCUT2D eigenvalue weighted by molar-refractivity contribution is 5.92. The molecule has 0 aliphatic carbocycles. The number of amides is 3. The minimum absolute atomic E-state index is 0.0678. The van der Waals surface area contributed by atoms with E-state index in [0.717, 1.165) is 19.3 Å². The lowest BCUT2D eigenvalue weighted by molar-refractivity contribution is -0.144. The topological polar surface area (TPSA) is 108 Å². The van der Waals surface area contributed by atoms with Gasteiger partial charge in [-0.1, -0.05) is 31.9 Å². The molecule has 0 aliphatic rings. The highest BCUT2D eigenvalue weighted by Gasteiger charge is 2.36. The second-order valence-electron chi connectivity index (χ2n) is 9.20. The monoisotopic (exact) mass is 449 g/mol. The third-order valence-electron chi connectivity index (χ3n) is 4.73. The number of hydrogen-bond acceptors (Lipinski definition) is 5. The molecule has 8 nitrogen and oxygen atoms in total. The first-order valence-corrected chi connectivity index (χ1v) is 11.3. The van der Waals surface area contributed by atoms with Crippen LogP contribution in [0.3, 0.4) is 0 Å².